The fraction of sp³-hybridized carbons (Fsp3) is 0.506. The Balaban J connectivity index is -0.000000221. The van der Waals surface area contributed by atoms with Crippen molar-refractivity contribution in [2.45, 2.75) is 143 Å². The number of nitrogens with one attached hydrogen (secondary N) is 6. The highest BCUT2D eigenvalue weighted by atomic mass is 127. The molecule has 0 amide bonds. The maximum Gasteiger partial charge on any atom is 0.373 e. The number of aliphatic hydroxyl groups excluding tert-OH is 2. The molecule has 0 spiro atoms. The number of rotatable bonds is 52. The summed E-state index contributed by atoms with van der Waals surface area (Å²) in [5.74, 6) is -1.03. The lowest BCUT2D eigenvalue weighted by molar-refractivity contribution is -0.192. The summed E-state index contributed by atoms with van der Waals surface area (Å²) >= 11 is 32.6. The van der Waals surface area contributed by atoms with E-state index in [1.807, 2.05) is 81.4 Å². The quantitative estimate of drug-likeness (QED) is 0.00440. The number of aldehydes is 1. The molecule has 4 aromatic rings. The van der Waals surface area contributed by atoms with Gasteiger partial charge in [-0.05, 0) is 170 Å². The lowest BCUT2D eigenvalue weighted by Crippen LogP contribution is -2.40. The third-order valence-corrected chi connectivity index (χ3v) is 19.2. The number of aliphatic hydroxyl groups is 2. The summed E-state index contributed by atoms with van der Waals surface area (Å²) in [7, 11) is 16.2. The van der Waals surface area contributed by atoms with Crippen LogP contribution in [-0.2, 0) is 129 Å². The molecule has 726 valence electrons. The first kappa shape index (κ1) is 138. The van der Waals surface area contributed by atoms with Crippen LogP contribution in [0.3, 0.4) is 0 Å². The van der Waals surface area contributed by atoms with Gasteiger partial charge in [0.25, 0.3) is 44.5 Å². The van der Waals surface area contributed by atoms with Gasteiger partial charge in [-0.25, -0.2) is 0 Å². The zero-order valence-corrected chi connectivity index (χ0v) is 83.1. The summed E-state index contributed by atoms with van der Waals surface area (Å²) in [4.78, 5) is 177. The second kappa shape index (κ2) is 96.6. The number of esters is 6. The summed E-state index contributed by atoms with van der Waals surface area (Å²) in [5.41, 5.74) is 28.6. The predicted octanol–water partition coefficient (Wildman–Crippen LogP) is 3.41. The molecular formula is C81H124B6Cl5I2N11O26. The van der Waals surface area contributed by atoms with Crippen molar-refractivity contribution in [1.29, 1.82) is 0 Å². The average Bonchev–Trinajstić information content (AvgIpc) is 0.844. The third-order valence-electron chi connectivity index (χ3n) is 16.2. The van der Waals surface area contributed by atoms with Crippen molar-refractivity contribution >= 4 is 268 Å². The Morgan fingerprint density at radius 2 is 0.786 bits per heavy atom. The number of ether oxygens (including phenoxy) is 6. The summed E-state index contributed by atoms with van der Waals surface area (Å²) in [5, 5.41) is 40.8. The molecule has 4 aromatic carbocycles. The van der Waals surface area contributed by atoms with Crippen LogP contribution in [0.4, 0.5) is 22.7 Å². The van der Waals surface area contributed by atoms with E-state index in [4.69, 9.17) is 110 Å². The Kier molecular flexibility index (Phi) is 102. The first-order chi connectivity index (χ1) is 62.0. The molecule has 0 saturated heterocycles. The Morgan fingerprint density at radius 1 is 0.473 bits per heavy atom. The Hall–Kier alpha value is -7.95. The van der Waals surface area contributed by atoms with Gasteiger partial charge in [0.05, 0.1) is 143 Å². The van der Waals surface area contributed by atoms with Gasteiger partial charge in [0.1, 0.15) is 12.1 Å². The minimum absolute atomic E-state index is 0. The number of nitrogens with two attached hydrogens (primary N) is 3. The monoisotopic (exact) mass is 2160 g/mol. The average molecular weight is 2160 g/mol. The SMILES string of the molecule is C.CO.COC(=O)CCN[B]C=O.COC(=O)C[C@@H](N[B]C=O)C(C)=O.COC(=O)C[C@H](CI)N[B]C=O.COC(=O)C[C@H](CO)N[B]C=O.COC(=O)C[C@H](Cc1cc(N(CCCl)CCCl)ccc1C)N[B]C=O.COC(=O)C[C@H](Cc1cc(N)ccc1C)N[B]C=O.Cc1ccc(N(CCCl)CCCl)cc1C[C@H](N)CC(=O)O.Cc1ccc(N)cc1I.O=C=O.O=CCCl. The van der Waals surface area contributed by atoms with Crippen LogP contribution in [0, 0.1) is 31.3 Å². The molecule has 15 N–H and O–H groups in total. The van der Waals surface area contributed by atoms with Crippen LogP contribution in [0.2, 0.25) is 0 Å². The highest BCUT2D eigenvalue weighted by molar-refractivity contribution is 14.1. The first-order valence-corrected chi connectivity index (χ1v) is 44.2. The number of carbonyl (C=O) groups is 15. The normalized spacial score (nSPS) is 10.8. The van der Waals surface area contributed by atoms with E-state index < -0.39 is 30.0 Å². The van der Waals surface area contributed by atoms with Gasteiger partial charge in [-0.3, -0.25) is 38.4 Å². The van der Waals surface area contributed by atoms with E-state index in [-0.39, 0.29) is 125 Å². The zero-order chi connectivity index (χ0) is 101. The third kappa shape index (κ3) is 81.3. The van der Waals surface area contributed by atoms with E-state index >= 15 is 0 Å². The number of Topliss-reactive ketones (excluding diaryl/α,β-unsaturated/α-hetero) is 1. The number of alkyl halides is 6. The first-order valence-electron chi connectivity index (χ1n) is 39.0. The van der Waals surface area contributed by atoms with E-state index in [1.165, 1.54) is 88.4 Å². The Labute approximate surface area is 825 Å². The molecule has 6 atom stereocenters. The second-order valence-electron chi connectivity index (χ2n) is 25.6. The number of halogens is 7. The lowest BCUT2D eigenvalue weighted by Gasteiger charge is -2.25. The molecule has 0 aliphatic heterocycles. The molecule has 0 aliphatic rings. The number of ketones is 1. The number of nitrogen functional groups attached to an aromatic ring is 2. The standard InChI is InChI=1S/C17H24BCl2N2O3.C15H22Cl2N2O2.C13H18BN2O3.C7H11BNO4.C7H8IN.C6H10BINO3.C6H11BNO4.C5H9BNO3.C2H3ClO.CO2.CH4O.CH4/c1-13-3-4-16(22(7-5-19)8-6-20)10-14(13)9-15(21-18-12-23)11-17(24)25-2;1-11-2-3-14(19(6-4-16)7-5-17)9-12(11)8-13(18)10-15(20)21;1-9-3-4-11(15)5-10(9)6-12(16-14-8-17)7-13(18)19-2;1-5(11)6(9-8-4-10)3-7(12)13-2;1-5-2-3-6(9)4-7(5)8;1-12-6(11)2-5(3-8)9-7-4-10;1-12-6(11)2-5(3-9)8-7-4-10;1-10-5(9)2-3-7-6-4-8;3-1-2-4;2-1-3;1-2;/h3-4,10,12,15,21H,5-9,11H2,1-2H3;2-3,9,13H,4-8,10,18H2,1H3,(H,20,21);3-5,8,12,16H,6-7,15H2,1-2H3;4,6,9H,3H2,1-2H3;2-4H,9H2,1H3;4-5,9H,2-3H2,1H3;4-5,8-9H,2-3H2,1H3;4,7H,2-3H2,1H3;2H,1H2;;2H,1H3;1H4/t15-;13-;12-;6-;;2*5-;;;;;/m0001.11...../s1. The van der Waals surface area contributed by atoms with Crippen molar-refractivity contribution in [3.05, 3.63) is 115 Å². The summed E-state index contributed by atoms with van der Waals surface area (Å²) < 4.78 is 28.9. The molecule has 0 heterocycles. The number of benzene rings is 4. The van der Waals surface area contributed by atoms with Gasteiger partial charge in [0.15, 0.2) is 0 Å². The molecule has 50 heteroatoms. The van der Waals surface area contributed by atoms with Crippen LogP contribution in [0.5, 0.6) is 0 Å². The van der Waals surface area contributed by atoms with Gasteiger partial charge in [0, 0.05) is 118 Å². The molecule has 0 saturated carbocycles. The zero-order valence-electron chi connectivity index (χ0n) is 75.0. The number of aryl methyl sites for hydroxylation is 4. The molecule has 0 aliphatic carbocycles. The smallest absolute Gasteiger partial charge is 0.373 e. The van der Waals surface area contributed by atoms with Crippen LogP contribution >= 0.6 is 103 Å². The highest BCUT2D eigenvalue weighted by Gasteiger charge is 2.22. The van der Waals surface area contributed by atoms with Crippen molar-refractivity contribution in [3.63, 3.8) is 0 Å². The maximum atomic E-state index is 11.6. The van der Waals surface area contributed by atoms with Crippen LogP contribution in [-0.4, -0.2) is 316 Å². The lowest BCUT2D eigenvalue weighted by atomic mass is 9.91. The van der Waals surface area contributed by atoms with Crippen LogP contribution < -0.4 is 58.4 Å². The predicted molar refractivity (Wildman–Crippen MR) is 536 cm³/mol. The fourth-order valence-electron chi connectivity index (χ4n) is 9.61. The van der Waals surface area contributed by atoms with E-state index in [9.17, 15) is 67.1 Å². The fourth-order valence-corrected chi connectivity index (χ4v) is 11.5. The summed E-state index contributed by atoms with van der Waals surface area (Å²) in [6, 6.07) is 21.9. The van der Waals surface area contributed by atoms with E-state index in [1.54, 1.807) is 0 Å². The van der Waals surface area contributed by atoms with E-state index in [2.05, 4.69) is 129 Å². The van der Waals surface area contributed by atoms with Crippen molar-refractivity contribution < 1.29 is 125 Å². The topological polar surface area (TPSA) is 563 Å². The van der Waals surface area contributed by atoms with Crippen LogP contribution in [0.15, 0.2) is 72.8 Å². The van der Waals surface area contributed by atoms with Gasteiger partial charge in [0.2, 0.25) is 0 Å². The number of anilines is 4. The maximum absolute atomic E-state index is 11.6. The van der Waals surface area contributed by atoms with Gasteiger partial charge < -0.3 is 136 Å². The number of carbonyl (C=O) groups excluding carboxylic acids is 16. The second-order valence-corrected chi connectivity index (χ2v) is 29.5. The van der Waals surface area contributed by atoms with Gasteiger partial charge in [-0.15, -0.1) is 58.0 Å². The van der Waals surface area contributed by atoms with Crippen molar-refractivity contribution in [2.75, 3.05) is 144 Å². The van der Waals surface area contributed by atoms with Gasteiger partial charge in [-0.2, -0.15) is 9.59 Å². The van der Waals surface area contributed by atoms with Crippen molar-refractivity contribution in [3.8, 4) is 0 Å². The number of aliphatic carboxylic acids is 1. The summed E-state index contributed by atoms with van der Waals surface area (Å²) in [6.07, 6.45) is 7.11. The Morgan fingerprint density at radius 3 is 1.11 bits per heavy atom. The molecule has 131 heavy (non-hydrogen) atoms. The van der Waals surface area contributed by atoms with Crippen molar-refractivity contribution in [2.24, 2.45) is 5.73 Å². The minimum Gasteiger partial charge on any atom is -0.481 e. The van der Waals surface area contributed by atoms with Gasteiger partial charge >= 0.3 is 47.9 Å². The van der Waals surface area contributed by atoms with Gasteiger partial charge in [-0.1, -0.05) is 54.3 Å². The number of carboxylic acid groups (broad SMARTS) is 1. The molecular weight excluding hydrogens is 2040 g/mol. The minimum atomic E-state index is -0.873. The molecule has 4 rings (SSSR count). The Bertz CT molecular complexity index is 3800. The summed E-state index contributed by atoms with van der Waals surface area (Å²) in [6.45, 7) is 12.5. The number of nitrogens with zero attached hydrogens (tertiary/aromatic N) is 2. The number of carboxylic acids is 1. The molecule has 6 radical (unpaired) electrons. The molecule has 0 unspecified atom stereocenters. The van der Waals surface area contributed by atoms with Crippen LogP contribution in [0.1, 0.15) is 98.2 Å². The molecule has 0 fully saturated rings. The van der Waals surface area contributed by atoms with E-state index in [0.29, 0.717) is 112 Å². The van der Waals surface area contributed by atoms with Crippen LogP contribution in [0.25, 0.3) is 0 Å². The molecule has 0 bridgehead atoms. The number of methoxy groups -OCH3 is 6. The molecule has 37 nitrogen and oxygen atoms in total. The van der Waals surface area contributed by atoms with Crippen molar-refractivity contribution in [1.82, 2.24) is 31.4 Å². The van der Waals surface area contributed by atoms with E-state index in [0.717, 1.165) is 89.9 Å². The largest absolute Gasteiger partial charge is 0.481 e. The number of hydrogen-bond donors (Lipinski definition) is 12. The highest BCUT2D eigenvalue weighted by Crippen LogP contribution is 2.24. The molecule has 0 aromatic heterocycles. The number of hydrogen-bond acceptors (Lipinski definition) is 36.